The Balaban J connectivity index is 2.52. The van der Waals surface area contributed by atoms with Gasteiger partial charge in [-0.05, 0) is 52.3 Å². The minimum absolute atomic E-state index is 0.129. The second-order valence-corrected chi connectivity index (χ2v) is 7.63. The molecule has 1 unspecified atom stereocenters. The summed E-state index contributed by atoms with van der Waals surface area (Å²) in [7, 11) is 0. The van der Waals surface area contributed by atoms with Crippen LogP contribution < -0.4 is 16.0 Å². The van der Waals surface area contributed by atoms with E-state index in [-0.39, 0.29) is 23.5 Å². The smallest absolute Gasteiger partial charge is 0.319 e. The summed E-state index contributed by atoms with van der Waals surface area (Å²) in [6, 6.07) is 6.86. The van der Waals surface area contributed by atoms with Crippen LogP contribution in [0.5, 0.6) is 0 Å². The molecule has 0 saturated carbocycles. The number of rotatable bonds is 8. The van der Waals surface area contributed by atoms with Crippen LogP contribution in [0.15, 0.2) is 24.3 Å². The molecule has 0 saturated heterocycles. The summed E-state index contributed by atoms with van der Waals surface area (Å²) in [5.41, 5.74) is 0.836. The Morgan fingerprint density at radius 1 is 1.12 bits per heavy atom. The first-order valence-corrected chi connectivity index (χ1v) is 9.21. The lowest BCUT2D eigenvalue weighted by atomic mass is 10.1. The number of unbranched alkanes of at least 4 members (excludes halogenated alkanes) is 3. The molecule has 3 amide bonds. The highest BCUT2D eigenvalue weighted by Gasteiger charge is 2.15. The van der Waals surface area contributed by atoms with Crippen molar-refractivity contribution in [3.63, 3.8) is 0 Å². The Bertz CT molecular complexity index is 564. The molecule has 1 atom stereocenters. The fourth-order valence-corrected chi connectivity index (χ4v) is 2.49. The van der Waals surface area contributed by atoms with Crippen LogP contribution in [-0.4, -0.2) is 23.5 Å². The molecular formula is C20H33N3O2. The number of carbonyl (C=O) groups excluding carboxylic acids is 2. The van der Waals surface area contributed by atoms with Gasteiger partial charge in [-0.1, -0.05) is 38.7 Å². The first kappa shape index (κ1) is 21.0. The second-order valence-electron chi connectivity index (χ2n) is 7.63. The SMILES string of the molecule is CCCCCCC(C)NC(=O)Nc1cccc(C(=O)NC(C)(C)C)c1. The van der Waals surface area contributed by atoms with Crippen molar-refractivity contribution in [1.29, 1.82) is 0 Å². The number of carbonyl (C=O) groups is 2. The van der Waals surface area contributed by atoms with E-state index in [9.17, 15) is 9.59 Å². The van der Waals surface area contributed by atoms with Gasteiger partial charge in [0.1, 0.15) is 0 Å². The molecule has 0 aliphatic carbocycles. The highest BCUT2D eigenvalue weighted by molar-refractivity contribution is 5.97. The normalized spacial score (nSPS) is 12.4. The highest BCUT2D eigenvalue weighted by Crippen LogP contribution is 2.12. The molecule has 0 heterocycles. The maximum absolute atomic E-state index is 12.2. The lowest BCUT2D eigenvalue weighted by Gasteiger charge is -2.20. The highest BCUT2D eigenvalue weighted by atomic mass is 16.2. The number of amides is 3. The molecule has 0 fully saturated rings. The van der Waals surface area contributed by atoms with Crippen LogP contribution >= 0.6 is 0 Å². The number of urea groups is 1. The Labute approximate surface area is 152 Å². The van der Waals surface area contributed by atoms with E-state index in [1.165, 1.54) is 19.3 Å². The largest absolute Gasteiger partial charge is 0.347 e. The van der Waals surface area contributed by atoms with E-state index in [1.54, 1.807) is 24.3 Å². The van der Waals surface area contributed by atoms with Crippen molar-refractivity contribution in [1.82, 2.24) is 10.6 Å². The van der Waals surface area contributed by atoms with Crippen LogP contribution in [0.3, 0.4) is 0 Å². The molecule has 1 aromatic rings. The molecule has 0 aromatic heterocycles. The second kappa shape index (κ2) is 10.1. The van der Waals surface area contributed by atoms with Crippen LogP contribution in [0.25, 0.3) is 0 Å². The fourth-order valence-electron chi connectivity index (χ4n) is 2.49. The zero-order valence-electron chi connectivity index (χ0n) is 16.2. The number of anilines is 1. The van der Waals surface area contributed by atoms with E-state index in [4.69, 9.17) is 0 Å². The van der Waals surface area contributed by atoms with Gasteiger partial charge in [0.15, 0.2) is 0 Å². The molecule has 1 aromatic carbocycles. The lowest BCUT2D eigenvalue weighted by molar-refractivity contribution is 0.0919. The van der Waals surface area contributed by atoms with Crippen LogP contribution in [-0.2, 0) is 0 Å². The number of hydrogen-bond donors (Lipinski definition) is 3. The molecule has 0 radical (unpaired) electrons. The van der Waals surface area contributed by atoms with Crippen molar-refractivity contribution in [2.75, 3.05) is 5.32 Å². The van der Waals surface area contributed by atoms with Gasteiger partial charge >= 0.3 is 6.03 Å². The van der Waals surface area contributed by atoms with Crippen molar-refractivity contribution < 1.29 is 9.59 Å². The van der Waals surface area contributed by atoms with Crippen molar-refractivity contribution in [2.24, 2.45) is 0 Å². The zero-order valence-corrected chi connectivity index (χ0v) is 16.2. The predicted molar refractivity (Wildman–Crippen MR) is 104 cm³/mol. The van der Waals surface area contributed by atoms with E-state index in [1.807, 2.05) is 27.7 Å². The summed E-state index contributed by atoms with van der Waals surface area (Å²) in [5.74, 6) is -0.152. The Hall–Kier alpha value is -2.04. The van der Waals surface area contributed by atoms with Gasteiger partial charge in [0, 0.05) is 22.8 Å². The van der Waals surface area contributed by atoms with Crippen LogP contribution in [0.2, 0.25) is 0 Å². The first-order chi connectivity index (χ1) is 11.7. The molecule has 1 rings (SSSR count). The molecule has 0 bridgehead atoms. The Kier molecular flexibility index (Phi) is 8.46. The molecule has 5 heteroatoms. The summed E-state index contributed by atoms with van der Waals surface area (Å²) in [5, 5.41) is 8.66. The Morgan fingerprint density at radius 3 is 2.48 bits per heavy atom. The molecule has 140 valence electrons. The number of nitrogens with one attached hydrogen (secondary N) is 3. The minimum Gasteiger partial charge on any atom is -0.347 e. The molecule has 3 N–H and O–H groups in total. The number of benzene rings is 1. The summed E-state index contributed by atoms with van der Waals surface area (Å²) in [6.07, 6.45) is 5.75. The van der Waals surface area contributed by atoms with Gasteiger partial charge in [0.2, 0.25) is 0 Å². The van der Waals surface area contributed by atoms with Crippen molar-refractivity contribution in [3.8, 4) is 0 Å². The standard InChI is InChI=1S/C20H33N3O2/c1-6-7-8-9-11-15(2)21-19(25)22-17-13-10-12-16(14-17)18(24)23-20(3,4)5/h10,12-15H,6-9,11H2,1-5H3,(H,23,24)(H2,21,22,25). The zero-order chi connectivity index (χ0) is 18.9. The average molecular weight is 348 g/mol. The third-order valence-corrected chi connectivity index (χ3v) is 3.74. The van der Waals surface area contributed by atoms with E-state index in [2.05, 4.69) is 22.9 Å². The van der Waals surface area contributed by atoms with Crippen molar-refractivity contribution in [3.05, 3.63) is 29.8 Å². The van der Waals surface area contributed by atoms with Crippen molar-refractivity contribution >= 4 is 17.6 Å². The van der Waals surface area contributed by atoms with E-state index in [0.717, 1.165) is 12.8 Å². The van der Waals surface area contributed by atoms with Gasteiger partial charge in [0.05, 0.1) is 0 Å². The van der Waals surface area contributed by atoms with Gasteiger partial charge in [-0.2, -0.15) is 0 Å². The third-order valence-electron chi connectivity index (χ3n) is 3.74. The molecular weight excluding hydrogens is 314 g/mol. The van der Waals surface area contributed by atoms with Crippen LogP contribution in [0.4, 0.5) is 10.5 Å². The lowest BCUT2D eigenvalue weighted by Crippen LogP contribution is -2.40. The van der Waals surface area contributed by atoms with Crippen LogP contribution in [0.1, 0.15) is 77.1 Å². The summed E-state index contributed by atoms with van der Waals surface area (Å²) in [4.78, 5) is 24.3. The van der Waals surface area contributed by atoms with Gasteiger partial charge in [-0.3, -0.25) is 4.79 Å². The average Bonchev–Trinajstić information content (AvgIpc) is 2.50. The number of hydrogen-bond acceptors (Lipinski definition) is 2. The van der Waals surface area contributed by atoms with Gasteiger partial charge in [0.25, 0.3) is 5.91 Å². The summed E-state index contributed by atoms with van der Waals surface area (Å²) in [6.45, 7) is 10.00. The summed E-state index contributed by atoms with van der Waals surface area (Å²) < 4.78 is 0. The molecule has 5 nitrogen and oxygen atoms in total. The molecule has 25 heavy (non-hydrogen) atoms. The van der Waals surface area contributed by atoms with Gasteiger partial charge < -0.3 is 16.0 Å². The molecule has 0 aliphatic rings. The van der Waals surface area contributed by atoms with E-state index < -0.39 is 0 Å². The van der Waals surface area contributed by atoms with E-state index in [0.29, 0.717) is 11.3 Å². The van der Waals surface area contributed by atoms with Crippen LogP contribution in [0, 0.1) is 0 Å². The first-order valence-electron chi connectivity index (χ1n) is 9.21. The monoisotopic (exact) mass is 347 g/mol. The summed E-state index contributed by atoms with van der Waals surface area (Å²) >= 11 is 0. The third kappa shape index (κ3) is 9.13. The maximum Gasteiger partial charge on any atom is 0.319 e. The topological polar surface area (TPSA) is 70.2 Å². The Morgan fingerprint density at radius 2 is 1.84 bits per heavy atom. The minimum atomic E-state index is -0.300. The van der Waals surface area contributed by atoms with Gasteiger partial charge in [-0.25, -0.2) is 4.79 Å². The quantitative estimate of drug-likeness (QED) is 0.597. The maximum atomic E-state index is 12.2. The molecule has 0 spiro atoms. The van der Waals surface area contributed by atoms with Gasteiger partial charge in [-0.15, -0.1) is 0 Å². The fraction of sp³-hybridized carbons (Fsp3) is 0.600. The molecule has 0 aliphatic heterocycles. The van der Waals surface area contributed by atoms with E-state index >= 15 is 0 Å². The van der Waals surface area contributed by atoms with Crippen molar-refractivity contribution in [2.45, 2.75) is 78.3 Å². The predicted octanol–water partition coefficient (Wildman–Crippen LogP) is 4.70.